The zero-order valence-electron chi connectivity index (χ0n) is 37.6. The number of unbranched alkanes of at least 4 members (excludes halogenated alkanes) is 3. The molecule has 4 saturated carbocycles. The zero-order chi connectivity index (χ0) is 41.5. The number of hydrogen-bond acceptors (Lipinski definition) is 14. The van der Waals surface area contributed by atoms with Crippen LogP contribution in [0.1, 0.15) is 180 Å². The molecule has 2 aliphatic heterocycles. The second-order valence-corrected chi connectivity index (χ2v) is 19.8. The monoisotopic (exact) mass is 833 g/mol. The van der Waals surface area contributed by atoms with Gasteiger partial charge in [-0.3, -0.25) is 0 Å². The van der Waals surface area contributed by atoms with Gasteiger partial charge in [0.1, 0.15) is 0 Å². The molecule has 4 heterocycles. The van der Waals surface area contributed by atoms with Crippen molar-refractivity contribution in [3.63, 3.8) is 0 Å². The predicted molar refractivity (Wildman–Crippen MR) is 235 cm³/mol. The van der Waals surface area contributed by atoms with Gasteiger partial charge in [0.25, 0.3) is 0 Å². The molecule has 4 aliphatic carbocycles. The minimum Gasteiger partial charge on any atom is -0.467 e. The molecular formula is C46H76N10O4. The second kappa shape index (κ2) is 19.4. The smallest absolute Gasteiger partial charge is 0.324 e. The van der Waals surface area contributed by atoms with Crippen molar-refractivity contribution in [3.8, 4) is 24.0 Å². The zero-order valence-corrected chi connectivity index (χ0v) is 37.6. The molecule has 0 amide bonds. The maximum atomic E-state index is 5.60. The first-order valence-corrected chi connectivity index (χ1v) is 24.1. The van der Waals surface area contributed by atoms with Crippen LogP contribution in [-0.4, -0.2) is 106 Å². The number of methoxy groups -OCH3 is 4. The minimum atomic E-state index is 0.183. The summed E-state index contributed by atoms with van der Waals surface area (Å²) < 4.78 is 22.4. The van der Waals surface area contributed by atoms with Crippen LogP contribution in [0.15, 0.2) is 0 Å². The maximum Gasteiger partial charge on any atom is 0.324 e. The van der Waals surface area contributed by atoms with Crippen LogP contribution < -0.4 is 39.4 Å². The number of anilines is 2. The number of aromatic nitrogens is 6. The summed E-state index contributed by atoms with van der Waals surface area (Å²) in [6.07, 6.45) is 34.7. The van der Waals surface area contributed by atoms with Gasteiger partial charge in [0.2, 0.25) is 11.9 Å². The van der Waals surface area contributed by atoms with Crippen molar-refractivity contribution < 1.29 is 18.9 Å². The molecule has 6 aliphatic rings. The highest BCUT2D eigenvalue weighted by molar-refractivity contribution is 5.37. The first kappa shape index (κ1) is 43.4. The molecule has 2 aromatic rings. The molecule has 14 heteroatoms. The van der Waals surface area contributed by atoms with E-state index in [1.165, 1.54) is 128 Å². The van der Waals surface area contributed by atoms with E-state index in [4.69, 9.17) is 38.9 Å². The standard InChI is InChI=1S/C46H76N10O4/c1-57-39-47-37(48-40(51-39)58-2)55(35-31-43(21-11-7-12-22-43)53-44(32-35)23-13-8-14-24-44)29-19-5-6-20-30-56(38-49-41(59-3)52-42(50-38)60-4)36-33-45(25-15-9-16-26-45)54-46(34-36)27-17-10-18-28-46/h35-36,53-54H,5-34H2,1-4H3. The second-order valence-electron chi connectivity index (χ2n) is 19.8. The topological polar surface area (TPSA) is 145 Å². The Bertz CT molecular complexity index is 1460. The van der Waals surface area contributed by atoms with Crippen LogP contribution in [0.2, 0.25) is 0 Å². The van der Waals surface area contributed by atoms with Crippen molar-refractivity contribution in [2.24, 2.45) is 0 Å². The SMILES string of the molecule is COc1nc(OC)nc(N(CCCCCCN(c2nc(OC)nc(OC)n2)C2CC3(CCCCC3)NC3(CCCCC3)C2)C2CC3(CCCCC3)NC3(CCCCC3)C2)n1. The Hall–Kier alpha value is -3.26. The lowest BCUT2D eigenvalue weighted by molar-refractivity contribution is 0.0522. The third-order valence-electron chi connectivity index (χ3n) is 15.6. The van der Waals surface area contributed by atoms with Gasteiger partial charge in [0, 0.05) is 47.3 Å². The normalized spacial score (nSPS) is 25.5. The summed E-state index contributed by atoms with van der Waals surface area (Å²) in [7, 11) is 6.51. The summed E-state index contributed by atoms with van der Waals surface area (Å²) in [5.41, 5.74) is 0.734. The molecule has 60 heavy (non-hydrogen) atoms. The largest absolute Gasteiger partial charge is 0.467 e. The number of hydrogen-bond donors (Lipinski definition) is 2. The first-order valence-electron chi connectivity index (χ1n) is 24.1. The number of rotatable bonds is 15. The molecule has 0 unspecified atom stereocenters. The summed E-state index contributed by atoms with van der Waals surface area (Å²) in [5.74, 6) is 1.37. The van der Waals surface area contributed by atoms with Crippen molar-refractivity contribution in [1.29, 1.82) is 0 Å². The molecule has 2 N–H and O–H groups in total. The molecular weight excluding hydrogens is 757 g/mol. The Morgan fingerprint density at radius 3 is 0.917 bits per heavy atom. The summed E-state index contributed by atoms with van der Waals surface area (Å²) in [4.78, 5) is 33.4. The molecule has 6 fully saturated rings. The van der Waals surface area contributed by atoms with Gasteiger partial charge in [-0.25, -0.2) is 0 Å². The van der Waals surface area contributed by atoms with E-state index in [0.29, 0.717) is 48.0 Å². The van der Waals surface area contributed by atoms with E-state index in [1.807, 2.05) is 0 Å². The van der Waals surface area contributed by atoms with Crippen LogP contribution in [0.3, 0.4) is 0 Å². The summed E-state index contributed by atoms with van der Waals surface area (Å²) in [6, 6.07) is 1.91. The molecule has 0 bridgehead atoms. The maximum absolute atomic E-state index is 5.60. The average molecular weight is 833 g/mol. The fourth-order valence-corrected chi connectivity index (χ4v) is 13.0. The van der Waals surface area contributed by atoms with Crippen LogP contribution in [-0.2, 0) is 0 Å². The Balaban J connectivity index is 1.00. The van der Waals surface area contributed by atoms with E-state index in [1.54, 1.807) is 28.4 Å². The van der Waals surface area contributed by atoms with Gasteiger partial charge in [0.05, 0.1) is 28.4 Å². The van der Waals surface area contributed by atoms with Crippen LogP contribution in [0.4, 0.5) is 11.9 Å². The quantitative estimate of drug-likeness (QED) is 0.166. The lowest BCUT2D eigenvalue weighted by Crippen LogP contribution is -2.68. The lowest BCUT2D eigenvalue weighted by Gasteiger charge is -2.57. The highest BCUT2D eigenvalue weighted by Gasteiger charge is 2.51. The first-order chi connectivity index (χ1) is 29.3. The third-order valence-corrected chi connectivity index (χ3v) is 15.6. The van der Waals surface area contributed by atoms with Crippen LogP contribution in [0.5, 0.6) is 24.0 Å². The van der Waals surface area contributed by atoms with Crippen LogP contribution in [0.25, 0.3) is 0 Å². The molecule has 2 aromatic heterocycles. The Kier molecular flexibility index (Phi) is 14.0. The fraction of sp³-hybridized carbons (Fsp3) is 0.870. The van der Waals surface area contributed by atoms with Crippen molar-refractivity contribution >= 4 is 11.9 Å². The number of ether oxygens (including phenoxy) is 4. The van der Waals surface area contributed by atoms with Gasteiger partial charge >= 0.3 is 24.0 Å². The van der Waals surface area contributed by atoms with Crippen molar-refractivity contribution in [2.75, 3.05) is 51.3 Å². The molecule has 14 nitrogen and oxygen atoms in total. The molecule has 0 radical (unpaired) electrons. The molecule has 0 aromatic carbocycles. The van der Waals surface area contributed by atoms with Crippen LogP contribution >= 0.6 is 0 Å². The lowest BCUT2D eigenvalue weighted by atomic mass is 9.65. The number of piperidine rings is 2. The summed E-state index contributed by atoms with van der Waals surface area (Å²) in [6.45, 7) is 1.77. The van der Waals surface area contributed by atoms with E-state index in [0.717, 1.165) is 64.5 Å². The van der Waals surface area contributed by atoms with E-state index < -0.39 is 0 Å². The molecule has 8 rings (SSSR count). The van der Waals surface area contributed by atoms with E-state index in [-0.39, 0.29) is 22.2 Å². The molecule has 0 atom stereocenters. The van der Waals surface area contributed by atoms with Gasteiger partial charge in [-0.1, -0.05) is 89.9 Å². The summed E-state index contributed by atoms with van der Waals surface area (Å²) >= 11 is 0. The van der Waals surface area contributed by atoms with Crippen molar-refractivity contribution in [1.82, 2.24) is 40.5 Å². The molecule has 4 spiro atoms. The summed E-state index contributed by atoms with van der Waals surface area (Å²) in [5, 5.41) is 8.77. The van der Waals surface area contributed by atoms with E-state index in [2.05, 4.69) is 30.4 Å². The minimum absolute atomic E-state index is 0.183. The number of nitrogens with zero attached hydrogens (tertiary/aromatic N) is 8. The average Bonchev–Trinajstić information content (AvgIpc) is 3.27. The van der Waals surface area contributed by atoms with Gasteiger partial charge in [-0.2, -0.15) is 19.9 Å². The van der Waals surface area contributed by atoms with Gasteiger partial charge in [0.15, 0.2) is 0 Å². The van der Waals surface area contributed by atoms with Crippen molar-refractivity contribution in [2.45, 2.75) is 214 Å². The Morgan fingerprint density at radius 1 is 0.400 bits per heavy atom. The van der Waals surface area contributed by atoms with Crippen LogP contribution in [0, 0.1) is 0 Å². The highest BCUT2D eigenvalue weighted by atomic mass is 16.5. The number of nitrogens with one attached hydrogen (secondary N) is 2. The van der Waals surface area contributed by atoms with Gasteiger partial charge in [-0.15, -0.1) is 9.97 Å². The molecule has 334 valence electrons. The third kappa shape index (κ3) is 10.00. The fourth-order valence-electron chi connectivity index (χ4n) is 13.0. The van der Waals surface area contributed by atoms with Crippen molar-refractivity contribution in [3.05, 3.63) is 0 Å². The highest BCUT2D eigenvalue weighted by Crippen LogP contribution is 2.48. The molecule has 2 saturated heterocycles. The van der Waals surface area contributed by atoms with E-state index >= 15 is 0 Å². The Labute approximate surface area is 359 Å². The predicted octanol–water partition coefficient (Wildman–Crippen LogP) is 8.28. The van der Waals surface area contributed by atoms with Gasteiger partial charge in [-0.05, 0) is 89.9 Å². The Morgan fingerprint density at radius 2 is 0.667 bits per heavy atom. The van der Waals surface area contributed by atoms with E-state index in [9.17, 15) is 0 Å². The van der Waals surface area contributed by atoms with Gasteiger partial charge < -0.3 is 39.4 Å².